The van der Waals surface area contributed by atoms with E-state index in [1.54, 1.807) is 12.4 Å². The number of carbonyl (C=O) groups excluding carboxylic acids is 1. The molecule has 0 radical (unpaired) electrons. The van der Waals surface area contributed by atoms with Gasteiger partial charge in [-0.15, -0.1) is 0 Å². The molecule has 1 aliphatic heterocycles. The number of carbonyl (C=O) groups is 1. The molecule has 4 rings (SSSR count). The highest BCUT2D eigenvalue weighted by molar-refractivity contribution is 5.96. The highest BCUT2D eigenvalue weighted by Crippen LogP contribution is 2.25. The monoisotopic (exact) mass is 349 g/mol. The maximum absolute atomic E-state index is 13.3. The first-order valence-corrected chi connectivity index (χ1v) is 9.04. The van der Waals surface area contributed by atoms with E-state index in [-0.39, 0.29) is 11.9 Å². The van der Waals surface area contributed by atoms with Gasteiger partial charge in [-0.25, -0.2) is 4.98 Å². The average Bonchev–Trinajstić information content (AvgIpc) is 3.37. The van der Waals surface area contributed by atoms with Gasteiger partial charge < -0.3 is 9.47 Å². The summed E-state index contributed by atoms with van der Waals surface area (Å²) in [6.45, 7) is 5.56. The number of hydrogen-bond donors (Lipinski definition) is 0. The Labute approximate surface area is 153 Å². The zero-order chi connectivity index (χ0) is 18.1. The molecule has 4 heterocycles. The summed E-state index contributed by atoms with van der Waals surface area (Å²) < 4.78 is 3.96. The highest BCUT2D eigenvalue weighted by Gasteiger charge is 2.31. The summed E-state index contributed by atoms with van der Waals surface area (Å²) in [6, 6.07) is 9.92. The minimum absolute atomic E-state index is 0.106. The van der Waals surface area contributed by atoms with Crippen molar-refractivity contribution in [1.29, 1.82) is 0 Å². The van der Waals surface area contributed by atoms with Crippen LogP contribution < -0.4 is 0 Å². The largest absolute Gasteiger partial charge is 0.334 e. The third-order valence-corrected chi connectivity index (χ3v) is 5.13. The summed E-state index contributed by atoms with van der Waals surface area (Å²) in [5.41, 5.74) is 2.73. The predicted octanol–water partition coefficient (Wildman–Crippen LogP) is 2.99. The molecule has 0 N–H and O–H groups in total. The normalized spacial score (nSPS) is 17.0. The van der Waals surface area contributed by atoms with E-state index in [0.717, 1.165) is 48.7 Å². The molecule has 0 bridgehead atoms. The molecular weight excluding hydrogens is 326 g/mol. The quantitative estimate of drug-likeness (QED) is 0.728. The molecule has 0 saturated carbocycles. The molecule has 0 aromatic carbocycles. The number of pyridine rings is 1. The van der Waals surface area contributed by atoms with Gasteiger partial charge in [0, 0.05) is 36.5 Å². The summed E-state index contributed by atoms with van der Waals surface area (Å²) in [5, 5.41) is 4.29. The number of hydrogen-bond acceptors (Lipinski definition) is 3. The molecule has 3 aromatic rings. The topological polar surface area (TPSA) is 56.0 Å². The lowest BCUT2D eigenvalue weighted by Gasteiger charge is -2.25. The van der Waals surface area contributed by atoms with E-state index >= 15 is 0 Å². The first kappa shape index (κ1) is 16.6. The molecule has 134 valence electrons. The van der Waals surface area contributed by atoms with E-state index in [0.29, 0.717) is 0 Å². The molecule has 26 heavy (non-hydrogen) atoms. The van der Waals surface area contributed by atoms with Crippen molar-refractivity contribution in [1.82, 2.24) is 24.2 Å². The van der Waals surface area contributed by atoms with Crippen molar-refractivity contribution in [3.05, 3.63) is 65.9 Å². The van der Waals surface area contributed by atoms with Gasteiger partial charge in [-0.05, 0) is 51.0 Å². The van der Waals surface area contributed by atoms with E-state index in [1.165, 1.54) is 0 Å². The second kappa shape index (κ2) is 6.78. The van der Waals surface area contributed by atoms with Gasteiger partial charge in [0.1, 0.15) is 5.82 Å². The second-order valence-electron chi connectivity index (χ2n) is 6.83. The Morgan fingerprint density at radius 1 is 1.23 bits per heavy atom. The first-order chi connectivity index (χ1) is 12.6. The maximum atomic E-state index is 13.3. The Morgan fingerprint density at radius 2 is 2.12 bits per heavy atom. The van der Waals surface area contributed by atoms with Crippen LogP contribution in [0.5, 0.6) is 0 Å². The lowest BCUT2D eigenvalue weighted by molar-refractivity contribution is 0.0721. The molecule has 0 unspecified atom stereocenters. The van der Waals surface area contributed by atoms with Crippen LogP contribution in [0.15, 0.2) is 48.9 Å². The zero-order valence-electron chi connectivity index (χ0n) is 15.2. The molecule has 0 aliphatic carbocycles. The van der Waals surface area contributed by atoms with Crippen LogP contribution in [0.25, 0.3) is 5.82 Å². The third kappa shape index (κ3) is 2.92. The van der Waals surface area contributed by atoms with Crippen LogP contribution in [0, 0.1) is 13.8 Å². The Morgan fingerprint density at radius 3 is 2.85 bits per heavy atom. The fourth-order valence-corrected chi connectivity index (χ4v) is 3.89. The minimum Gasteiger partial charge on any atom is -0.334 e. The van der Waals surface area contributed by atoms with Crippen LogP contribution in [0.4, 0.5) is 0 Å². The van der Waals surface area contributed by atoms with Crippen molar-refractivity contribution in [2.45, 2.75) is 39.3 Å². The van der Waals surface area contributed by atoms with Gasteiger partial charge in [0.15, 0.2) is 0 Å². The predicted molar refractivity (Wildman–Crippen MR) is 99.3 cm³/mol. The molecule has 1 fully saturated rings. The summed E-state index contributed by atoms with van der Waals surface area (Å²) in [7, 11) is 0. The molecule has 1 atom stereocenters. The van der Waals surface area contributed by atoms with Gasteiger partial charge in [-0.1, -0.05) is 6.07 Å². The van der Waals surface area contributed by atoms with E-state index in [1.807, 2.05) is 64.5 Å². The maximum Gasteiger partial charge on any atom is 0.256 e. The van der Waals surface area contributed by atoms with E-state index in [2.05, 4.69) is 10.1 Å². The Balaban J connectivity index is 1.62. The number of amides is 1. The van der Waals surface area contributed by atoms with Gasteiger partial charge in [0.2, 0.25) is 0 Å². The number of aromatic nitrogens is 4. The van der Waals surface area contributed by atoms with E-state index < -0.39 is 0 Å². The van der Waals surface area contributed by atoms with Crippen LogP contribution in [-0.2, 0) is 6.54 Å². The summed E-state index contributed by atoms with van der Waals surface area (Å²) in [6.07, 6.45) is 7.56. The number of aryl methyl sites for hydroxylation is 1. The van der Waals surface area contributed by atoms with Gasteiger partial charge in [0.05, 0.1) is 18.2 Å². The first-order valence-electron chi connectivity index (χ1n) is 9.04. The van der Waals surface area contributed by atoms with Gasteiger partial charge >= 0.3 is 0 Å². The highest BCUT2D eigenvalue weighted by atomic mass is 16.2. The zero-order valence-corrected chi connectivity index (χ0v) is 15.2. The number of likely N-dealkylation sites (tertiary alicyclic amines) is 1. The molecule has 1 saturated heterocycles. The number of rotatable bonds is 4. The molecule has 6 nitrogen and oxygen atoms in total. The van der Waals surface area contributed by atoms with Gasteiger partial charge in [0.25, 0.3) is 5.91 Å². The molecule has 1 aliphatic rings. The second-order valence-corrected chi connectivity index (χ2v) is 6.83. The smallest absolute Gasteiger partial charge is 0.256 e. The van der Waals surface area contributed by atoms with E-state index in [9.17, 15) is 4.79 Å². The van der Waals surface area contributed by atoms with Crippen LogP contribution in [0.3, 0.4) is 0 Å². The molecule has 6 heteroatoms. The van der Waals surface area contributed by atoms with Crippen LogP contribution >= 0.6 is 0 Å². The summed E-state index contributed by atoms with van der Waals surface area (Å²) in [5.74, 6) is 0.950. The van der Waals surface area contributed by atoms with Gasteiger partial charge in [-0.3, -0.25) is 9.48 Å². The molecule has 1 amide bonds. The Hall–Kier alpha value is -2.89. The summed E-state index contributed by atoms with van der Waals surface area (Å²) in [4.78, 5) is 19.7. The van der Waals surface area contributed by atoms with Crippen molar-refractivity contribution in [3.8, 4) is 5.82 Å². The molecule has 0 spiro atoms. The molecule has 3 aromatic heterocycles. The lowest BCUT2D eigenvalue weighted by Crippen LogP contribution is -2.38. The number of nitrogens with zero attached hydrogens (tertiary/aromatic N) is 5. The van der Waals surface area contributed by atoms with Crippen molar-refractivity contribution in [2.24, 2.45) is 0 Å². The van der Waals surface area contributed by atoms with Crippen LogP contribution in [-0.4, -0.2) is 42.7 Å². The van der Waals surface area contributed by atoms with Crippen molar-refractivity contribution < 1.29 is 4.79 Å². The van der Waals surface area contributed by atoms with Crippen LogP contribution in [0.1, 0.15) is 34.6 Å². The Kier molecular flexibility index (Phi) is 4.32. The Bertz CT molecular complexity index is 898. The average molecular weight is 349 g/mol. The minimum atomic E-state index is 0.106. The standard InChI is InChI=1S/C20H23N5O/c1-15-13-18(16(2)25(15)19-8-3-4-9-21-19)20(26)24-12-5-7-17(24)14-23-11-6-10-22-23/h3-4,6,8-11,13,17H,5,7,12,14H2,1-2H3/t17-/m0/s1. The third-order valence-electron chi connectivity index (χ3n) is 5.13. The van der Waals surface area contributed by atoms with Crippen molar-refractivity contribution >= 4 is 5.91 Å². The van der Waals surface area contributed by atoms with E-state index in [4.69, 9.17) is 0 Å². The fourth-order valence-electron chi connectivity index (χ4n) is 3.89. The van der Waals surface area contributed by atoms with Gasteiger partial charge in [-0.2, -0.15) is 5.10 Å². The van der Waals surface area contributed by atoms with Crippen molar-refractivity contribution in [2.75, 3.05) is 6.54 Å². The SMILES string of the molecule is Cc1cc(C(=O)N2CCC[C@H]2Cn2cccn2)c(C)n1-c1ccccn1. The lowest BCUT2D eigenvalue weighted by atomic mass is 10.1. The molecular formula is C20H23N5O. The van der Waals surface area contributed by atoms with Crippen molar-refractivity contribution in [3.63, 3.8) is 0 Å². The fraction of sp³-hybridized carbons (Fsp3) is 0.350. The van der Waals surface area contributed by atoms with Crippen LogP contribution in [0.2, 0.25) is 0 Å². The summed E-state index contributed by atoms with van der Waals surface area (Å²) >= 11 is 0.